The summed E-state index contributed by atoms with van der Waals surface area (Å²) in [5, 5.41) is 12.9. The van der Waals surface area contributed by atoms with Gasteiger partial charge < -0.3 is 20.1 Å². The first kappa shape index (κ1) is 18.3. The number of carbonyl (C=O) groups excluding carboxylic acids is 1. The van der Waals surface area contributed by atoms with Crippen molar-refractivity contribution in [3.8, 4) is 5.75 Å². The highest BCUT2D eigenvalue weighted by Gasteiger charge is 2.27. The summed E-state index contributed by atoms with van der Waals surface area (Å²) in [5.74, 6) is 0.730. The molecule has 26 heavy (non-hydrogen) atoms. The maximum atomic E-state index is 13.2. The number of hydrogen-bond acceptors (Lipinski definition) is 4. The number of methoxy groups -OCH3 is 1. The zero-order valence-corrected chi connectivity index (χ0v) is 15.1. The molecule has 1 aliphatic rings. The van der Waals surface area contributed by atoms with Gasteiger partial charge in [-0.15, -0.1) is 0 Å². The van der Waals surface area contributed by atoms with Gasteiger partial charge in [-0.1, -0.05) is 30.3 Å². The number of aliphatic hydroxyl groups is 1. The lowest BCUT2D eigenvalue weighted by Crippen LogP contribution is -2.41. The van der Waals surface area contributed by atoms with E-state index in [1.54, 1.807) is 13.2 Å². The number of aliphatic hydroxyl groups excluding tert-OH is 1. The standard InChI is InChI=1S/C21H26N2O3/c1-26-19-11-10-18(14-17(19)15-24)22-20(16-8-4-2-5-9-16)21(25)23-12-6-3-7-13-23/h2,4-5,8-11,14,20,22,24H,3,6-7,12-13,15H2,1H3. The number of rotatable bonds is 6. The average Bonchev–Trinajstić information content (AvgIpc) is 2.72. The maximum Gasteiger partial charge on any atom is 0.249 e. The monoisotopic (exact) mass is 354 g/mol. The average molecular weight is 354 g/mol. The van der Waals surface area contributed by atoms with Crippen molar-refractivity contribution in [2.24, 2.45) is 0 Å². The second-order valence-electron chi connectivity index (χ2n) is 6.56. The number of nitrogens with zero attached hydrogens (tertiary/aromatic N) is 1. The number of amides is 1. The van der Waals surface area contributed by atoms with Crippen LogP contribution in [0.3, 0.4) is 0 Å². The molecule has 1 unspecified atom stereocenters. The number of ether oxygens (including phenoxy) is 1. The zero-order chi connectivity index (χ0) is 18.4. The molecule has 0 saturated carbocycles. The van der Waals surface area contributed by atoms with Gasteiger partial charge in [-0.05, 0) is 43.0 Å². The molecule has 2 aromatic rings. The number of piperidine rings is 1. The number of likely N-dealkylation sites (tertiary alicyclic amines) is 1. The van der Waals surface area contributed by atoms with Crippen molar-refractivity contribution in [1.29, 1.82) is 0 Å². The van der Waals surface area contributed by atoms with Crippen molar-refractivity contribution in [2.45, 2.75) is 31.9 Å². The summed E-state index contributed by atoms with van der Waals surface area (Å²) in [5.41, 5.74) is 2.41. The molecule has 0 aromatic heterocycles. The first-order chi connectivity index (χ1) is 12.7. The molecule has 1 atom stereocenters. The Morgan fingerprint density at radius 2 is 1.88 bits per heavy atom. The van der Waals surface area contributed by atoms with Gasteiger partial charge in [0.2, 0.25) is 5.91 Å². The van der Waals surface area contributed by atoms with Crippen LogP contribution in [0.5, 0.6) is 5.75 Å². The minimum atomic E-state index is -0.450. The summed E-state index contributed by atoms with van der Waals surface area (Å²) in [7, 11) is 1.58. The molecule has 3 rings (SSSR count). The quantitative estimate of drug-likeness (QED) is 0.835. The van der Waals surface area contributed by atoms with Gasteiger partial charge in [0.25, 0.3) is 0 Å². The number of carbonyl (C=O) groups is 1. The van der Waals surface area contributed by atoms with E-state index in [-0.39, 0.29) is 12.5 Å². The van der Waals surface area contributed by atoms with Crippen LogP contribution in [-0.4, -0.2) is 36.1 Å². The SMILES string of the molecule is COc1ccc(NC(C(=O)N2CCCCC2)c2ccccc2)cc1CO. The Labute approximate surface area is 154 Å². The van der Waals surface area contributed by atoms with Crippen LogP contribution in [0.25, 0.3) is 0 Å². The highest BCUT2D eigenvalue weighted by molar-refractivity contribution is 5.86. The fourth-order valence-electron chi connectivity index (χ4n) is 3.39. The van der Waals surface area contributed by atoms with Gasteiger partial charge in [-0.2, -0.15) is 0 Å². The van der Waals surface area contributed by atoms with E-state index in [4.69, 9.17) is 4.74 Å². The van der Waals surface area contributed by atoms with E-state index in [0.29, 0.717) is 11.3 Å². The van der Waals surface area contributed by atoms with Crippen molar-refractivity contribution in [3.05, 3.63) is 59.7 Å². The molecule has 2 N–H and O–H groups in total. The van der Waals surface area contributed by atoms with Crippen molar-refractivity contribution in [1.82, 2.24) is 4.90 Å². The molecule has 5 nitrogen and oxygen atoms in total. The predicted molar refractivity (Wildman–Crippen MR) is 102 cm³/mol. The van der Waals surface area contributed by atoms with E-state index in [1.165, 1.54) is 6.42 Å². The van der Waals surface area contributed by atoms with E-state index in [9.17, 15) is 9.90 Å². The molecule has 138 valence electrons. The molecule has 0 bridgehead atoms. The van der Waals surface area contributed by atoms with Crippen LogP contribution in [0.4, 0.5) is 5.69 Å². The van der Waals surface area contributed by atoms with Gasteiger partial charge in [0.15, 0.2) is 0 Å². The smallest absolute Gasteiger partial charge is 0.249 e. The van der Waals surface area contributed by atoms with E-state index in [0.717, 1.165) is 37.2 Å². The van der Waals surface area contributed by atoms with Crippen molar-refractivity contribution < 1.29 is 14.6 Å². The third-order valence-corrected chi connectivity index (χ3v) is 4.81. The number of nitrogens with one attached hydrogen (secondary N) is 1. The zero-order valence-electron chi connectivity index (χ0n) is 15.1. The van der Waals surface area contributed by atoms with Gasteiger partial charge in [0, 0.05) is 24.3 Å². The van der Waals surface area contributed by atoms with Crippen LogP contribution in [0, 0.1) is 0 Å². The summed E-state index contributed by atoms with van der Waals surface area (Å²) in [6, 6.07) is 14.8. The van der Waals surface area contributed by atoms with Crippen molar-refractivity contribution in [2.75, 3.05) is 25.5 Å². The van der Waals surface area contributed by atoms with E-state index >= 15 is 0 Å². The lowest BCUT2D eigenvalue weighted by atomic mass is 10.0. The first-order valence-corrected chi connectivity index (χ1v) is 9.11. The van der Waals surface area contributed by atoms with Crippen molar-refractivity contribution in [3.63, 3.8) is 0 Å². The normalized spacial score (nSPS) is 15.4. The second-order valence-corrected chi connectivity index (χ2v) is 6.56. The lowest BCUT2D eigenvalue weighted by Gasteiger charge is -2.31. The number of hydrogen-bond donors (Lipinski definition) is 2. The molecule has 0 spiro atoms. The highest BCUT2D eigenvalue weighted by Crippen LogP contribution is 2.27. The highest BCUT2D eigenvalue weighted by atomic mass is 16.5. The lowest BCUT2D eigenvalue weighted by molar-refractivity contribution is -0.133. The summed E-state index contributed by atoms with van der Waals surface area (Å²) in [6.07, 6.45) is 3.31. The van der Waals surface area contributed by atoms with Gasteiger partial charge in [0.1, 0.15) is 11.8 Å². The molecular formula is C21H26N2O3. The van der Waals surface area contributed by atoms with Crippen LogP contribution in [0.1, 0.15) is 36.4 Å². The fourth-order valence-corrected chi connectivity index (χ4v) is 3.39. The number of benzene rings is 2. The topological polar surface area (TPSA) is 61.8 Å². The van der Waals surface area contributed by atoms with Gasteiger partial charge in [-0.3, -0.25) is 4.79 Å². The van der Waals surface area contributed by atoms with Crippen LogP contribution in [0.2, 0.25) is 0 Å². The van der Waals surface area contributed by atoms with E-state index < -0.39 is 6.04 Å². The van der Waals surface area contributed by atoms with Gasteiger partial charge >= 0.3 is 0 Å². The summed E-state index contributed by atoms with van der Waals surface area (Å²) in [6.45, 7) is 1.51. The molecule has 1 fully saturated rings. The molecule has 1 amide bonds. The van der Waals surface area contributed by atoms with Crippen LogP contribution >= 0.6 is 0 Å². The largest absolute Gasteiger partial charge is 0.496 e. The fraction of sp³-hybridized carbons (Fsp3) is 0.381. The predicted octanol–water partition coefficient (Wildman–Crippen LogP) is 3.35. The molecular weight excluding hydrogens is 328 g/mol. The molecule has 5 heteroatoms. The van der Waals surface area contributed by atoms with Gasteiger partial charge in [0.05, 0.1) is 13.7 Å². The Morgan fingerprint density at radius 1 is 1.15 bits per heavy atom. The van der Waals surface area contributed by atoms with E-state index in [1.807, 2.05) is 47.4 Å². The van der Waals surface area contributed by atoms with E-state index in [2.05, 4.69) is 5.32 Å². The minimum absolute atomic E-state index is 0.0947. The Hall–Kier alpha value is -2.53. The summed E-state index contributed by atoms with van der Waals surface area (Å²) in [4.78, 5) is 15.1. The molecule has 0 aliphatic carbocycles. The second kappa shape index (κ2) is 8.72. The molecule has 1 aliphatic heterocycles. The Kier molecular flexibility index (Phi) is 6.12. The first-order valence-electron chi connectivity index (χ1n) is 9.11. The molecule has 0 radical (unpaired) electrons. The Bertz CT molecular complexity index is 727. The van der Waals surface area contributed by atoms with Crippen LogP contribution < -0.4 is 10.1 Å². The maximum absolute atomic E-state index is 13.2. The third-order valence-electron chi connectivity index (χ3n) is 4.81. The van der Waals surface area contributed by atoms with Crippen LogP contribution in [-0.2, 0) is 11.4 Å². The summed E-state index contributed by atoms with van der Waals surface area (Å²) >= 11 is 0. The Balaban J connectivity index is 1.87. The number of anilines is 1. The van der Waals surface area contributed by atoms with Gasteiger partial charge in [-0.25, -0.2) is 0 Å². The Morgan fingerprint density at radius 3 is 2.54 bits per heavy atom. The molecule has 1 heterocycles. The summed E-state index contributed by atoms with van der Waals surface area (Å²) < 4.78 is 5.26. The third kappa shape index (κ3) is 4.17. The minimum Gasteiger partial charge on any atom is -0.496 e. The molecule has 2 aromatic carbocycles. The van der Waals surface area contributed by atoms with Crippen molar-refractivity contribution >= 4 is 11.6 Å². The van der Waals surface area contributed by atoms with Crippen LogP contribution in [0.15, 0.2) is 48.5 Å². The molecule has 1 saturated heterocycles.